The highest BCUT2D eigenvalue weighted by Gasteiger charge is 2.36. The minimum Gasteiger partial charge on any atom is -0.470 e. The monoisotopic (exact) mass is 451 g/mol. The second-order valence-corrected chi connectivity index (χ2v) is 9.43. The molecular formula is C16H20F3N5O3S2. The van der Waals surface area contributed by atoms with Crippen molar-refractivity contribution in [3.63, 3.8) is 0 Å². The largest absolute Gasteiger partial charge is 0.470 e. The van der Waals surface area contributed by atoms with Crippen LogP contribution < -0.4 is 10.1 Å². The first-order valence-electron chi connectivity index (χ1n) is 8.83. The molecule has 2 aromatic heterocycles. The van der Waals surface area contributed by atoms with E-state index >= 15 is 0 Å². The number of nitrogens with zero attached hydrogens (tertiary/aromatic N) is 4. The van der Waals surface area contributed by atoms with E-state index < -0.39 is 21.8 Å². The van der Waals surface area contributed by atoms with Crippen LogP contribution in [-0.2, 0) is 16.2 Å². The Hall–Kier alpha value is -1.99. The summed E-state index contributed by atoms with van der Waals surface area (Å²) in [7, 11) is -3.26. The molecular weight excluding hydrogens is 431 g/mol. The maximum absolute atomic E-state index is 13.4. The molecule has 29 heavy (non-hydrogen) atoms. The first-order chi connectivity index (χ1) is 13.6. The summed E-state index contributed by atoms with van der Waals surface area (Å²) < 4.78 is 70.1. The maximum Gasteiger partial charge on any atom is 0.420 e. The summed E-state index contributed by atoms with van der Waals surface area (Å²) in [5.74, 6) is 0.0529. The van der Waals surface area contributed by atoms with E-state index in [4.69, 9.17) is 4.74 Å². The van der Waals surface area contributed by atoms with Crippen LogP contribution in [0.5, 0.6) is 5.19 Å². The van der Waals surface area contributed by atoms with Crippen LogP contribution in [0.3, 0.4) is 0 Å². The van der Waals surface area contributed by atoms with Crippen molar-refractivity contribution in [3.05, 3.63) is 18.0 Å². The van der Waals surface area contributed by atoms with Gasteiger partial charge in [0.25, 0.3) is 5.19 Å². The van der Waals surface area contributed by atoms with Crippen molar-refractivity contribution in [3.8, 4) is 15.8 Å². The van der Waals surface area contributed by atoms with E-state index in [0.29, 0.717) is 32.5 Å². The molecule has 0 aromatic carbocycles. The second kappa shape index (κ2) is 8.40. The summed E-state index contributed by atoms with van der Waals surface area (Å²) in [6.07, 6.45) is -0.427. The zero-order chi connectivity index (χ0) is 21.2. The SMILES string of the molecule is CCOc1ncc(-c2nc(NC3CCN(S(C)(=O)=O)CC3)ncc2C(F)(F)F)s1. The van der Waals surface area contributed by atoms with Crippen molar-refractivity contribution >= 4 is 27.3 Å². The molecule has 0 saturated carbocycles. The highest BCUT2D eigenvalue weighted by Crippen LogP contribution is 2.39. The van der Waals surface area contributed by atoms with E-state index in [2.05, 4.69) is 20.3 Å². The molecule has 1 fully saturated rings. The summed E-state index contributed by atoms with van der Waals surface area (Å²) in [6.45, 7) is 2.76. The normalized spacial score (nSPS) is 16.7. The molecule has 1 N–H and O–H groups in total. The van der Waals surface area contributed by atoms with E-state index in [0.717, 1.165) is 23.8 Å². The third-order valence-electron chi connectivity index (χ3n) is 4.34. The Kier molecular flexibility index (Phi) is 6.29. The lowest BCUT2D eigenvalue weighted by Crippen LogP contribution is -2.42. The number of thiazole rings is 1. The molecule has 0 amide bonds. The van der Waals surface area contributed by atoms with Crippen molar-refractivity contribution in [2.24, 2.45) is 0 Å². The molecule has 0 bridgehead atoms. The molecule has 1 aliphatic heterocycles. The fourth-order valence-corrected chi connectivity index (χ4v) is 4.62. The third kappa shape index (κ3) is 5.34. The lowest BCUT2D eigenvalue weighted by molar-refractivity contribution is -0.137. The standard InChI is InChI=1S/C16H20F3N5O3S2/c1-3-27-15-21-9-12(28-15)13-11(16(17,18)19)8-20-14(23-13)22-10-4-6-24(7-5-10)29(2,25)26/h8-10H,3-7H2,1-2H3,(H,20,22,23). The quantitative estimate of drug-likeness (QED) is 0.721. The molecule has 0 aliphatic carbocycles. The third-order valence-corrected chi connectivity index (χ3v) is 6.56. The van der Waals surface area contributed by atoms with Gasteiger partial charge in [0, 0.05) is 25.3 Å². The Bertz CT molecular complexity index is 957. The first-order valence-corrected chi connectivity index (χ1v) is 11.5. The van der Waals surface area contributed by atoms with Gasteiger partial charge < -0.3 is 10.1 Å². The number of rotatable bonds is 6. The number of halogens is 3. The molecule has 3 rings (SSSR count). The van der Waals surface area contributed by atoms with Gasteiger partial charge in [0.05, 0.1) is 29.6 Å². The second-order valence-electron chi connectivity index (χ2n) is 6.46. The number of aromatic nitrogens is 3. The van der Waals surface area contributed by atoms with Crippen LogP contribution >= 0.6 is 11.3 Å². The van der Waals surface area contributed by atoms with Crippen molar-refractivity contribution in [1.29, 1.82) is 0 Å². The Labute approximate surface area is 170 Å². The molecule has 13 heteroatoms. The van der Waals surface area contributed by atoms with Crippen LogP contribution in [0.15, 0.2) is 12.4 Å². The van der Waals surface area contributed by atoms with Gasteiger partial charge in [-0.05, 0) is 19.8 Å². The van der Waals surface area contributed by atoms with Gasteiger partial charge >= 0.3 is 6.18 Å². The van der Waals surface area contributed by atoms with Crippen LogP contribution in [0.25, 0.3) is 10.6 Å². The van der Waals surface area contributed by atoms with Crippen LogP contribution in [0.1, 0.15) is 25.3 Å². The summed E-state index contributed by atoms with van der Waals surface area (Å²) in [5.41, 5.74) is -1.23. The molecule has 0 atom stereocenters. The van der Waals surface area contributed by atoms with Crippen LogP contribution in [0.4, 0.5) is 19.1 Å². The van der Waals surface area contributed by atoms with Gasteiger partial charge in [0.15, 0.2) is 0 Å². The van der Waals surface area contributed by atoms with Gasteiger partial charge in [0.2, 0.25) is 16.0 Å². The average molecular weight is 451 g/mol. The topological polar surface area (TPSA) is 97.3 Å². The Morgan fingerprint density at radius 2 is 1.97 bits per heavy atom. The number of sulfonamides is 1. The van der Waals surface area contributed by atoms with E-state index in [9.17, 15) is 21.6 Å². The molecule has 160 valence electrons. The van der Waals surface area contributed by atoms with Crippen LogP contribution in [-0.4, -0.2) is 59.7 Å². The van der Waals surface area contributed by atoms with E-state index in [1.807, 2.05) is 0 Å². The summed E-state index contributed by atoms with van der Waals surface area (Å²) in [4.78, 5) is 12.1. The summed E-state index contributed by atoms with van der Waals surface area (Å²) in [5, 5.41) is 3.28. The molecule has 8 nitrogen and oxygen atoms in total. The summed E-state index contributed by atoms with van der Waals surface area (Å²) >= 11 is 0.974. The zero-order valence-electron chi connectivity index (χ0n) is 15.7. The number of alkyl halides is 3. The number of hydrogen-bond acceptors (Lipinski definition) is 8. The molecule has 0 unspecified atom stereocenters. The van der Waals surface area contributed by atoms with Crippen molar-refractivity contribution in [2.45, 2.75) is 32.0 Å². The number of anilines is 1. The van der Waals surface area contributed by atoms with Gasteiger partial charge in [-0.3, -0.25) is 0 Å². The number of piperidine rings is 1. The molecule has 1 aliphatic rings. The van der Waals surface area contributed by atoms with E-state index in [-0.39, 0.29) is 27.8 Å². The smallest absolute Gasteiger partial charge is 0.420 e. The van der Waals surface area contributed by atoms with Crippen molar-refractivity contribution < 1.29 is 26.3 Å². The average Bonchev–Trinajstić information content (AvgIpc) is 3.09. The van der Waals surface area contributed by atoms with Crippen molar-refractivity contribution in [1.82, 2.24) is 19.3 Å². The van der Waals surface area contributed by atoms with Crippen LogP contribution in [0, 0.1) is 0 Å². The zero-order valence-corrected chi connectivity index (χ0v) is 17.4. The molecule has 3 heterocycles. The lowest BCUT2D eigenvalue weighted by atomic mass is 10.1. The van der Waals surface area contributed by atoms with Gasteiger partial charge in [-0.2, -0.15) is 13.2 Å². The molecule has 0 spiro atoms. The first kappa shape index (κ1) is 21.7. The minimum atomic E-state index is -4.62. The fraction of sp³-hybridized carbons (Fsp3) is 0.562. The number of hydrogen-bond donors (Lipinski definition) is 1. The predicted octanol–water partition coefficient (Wildman–Crippen LogP) is 2.85. The van der Waals surface area contributed by atoms with Crippen molar-refractivity contribution in [2.75, 3.05) is 31.3 Å². The Balaban J connectivity index is 1.82. The maximum atomic E-state index is 13.4. The van der Waals surface area contributed by atoms with Crippen LogP contribution in [0.2, 0.25) is 0 Å². The molecule has 2 aromatic rings. The van der Waals surface area contributed by atoms with Gasteiger partial charge in [-0.15, -0.1) is 0 Å². The van der Waals surface area contributed by atoms with Gasteiger partial charge in [-0.25, -0.2) is 27.7 Å². The number of nitrogens with one attached hydrogen (secondary N) is 1. The van der Waals surface area contributed by atoms with Gasteiger partial charge in [0.1, 0.15) is 5.56 Å². The van der Waals surface area contributed by atoms with Gasteiger partial charge in [-0.1, -0.05) is 11.3 Å². The van der Waals surface area contributed by atoms with E-state index in [1.54, 1.807) is 6.92 Å². The molecule has 0 radical (unpaired) electrons. The number of ether oxygens (including phenoxy) is 1. The fourth-order valence-electron chi connectivity index (χ4n) is 2.92. The predicted molar refractivity (Wildman–Crippen MR) is 102 cm³/mol. The summed E-state index contributed by atoms with van der Waals surface area (Å²) in [6, 6.07) is -0.141. The Morgan fingerprint density at radius 1 is 1.28 bits per heavy atom. The lowest BCUT2D eigenvalue weighted by Gasteiger charge is -2.30. The minimum absolute atomic E-state index is 0.0529. The van der Waals surface area contributed by atoms with E-state index in [1.165, 1.54) is 10.5 Å². The Morgan fingerprint density at radius 3 is 2.55 bits per heavy atom. The highest BCUT2D eigenvalue weighted by molar-refractivity contribution is 7.88. The highest BCUT2D eigenvalue weighted by atomic mass is 32.2. The molecule has 1 saturated heterocycles.